The SMILES string of the molecule is Cc1ccccc1CC(C)NCC(C)(C)C. The van der Waals surface area contributed by atoms with E-state index in [1.807, 2.05) is 0 Å². The Bertz CT molecular complexity index is 322. The molecular formula is C15H25N. The first-order valence-electron chi connectivity index (χ1n) is 6.16. The molecule has 1 N–H and O–H groups in total. The molecule has 0 aliphatic carbocycles. The van der Waals surface area contributed by atoms with Gasteiger partial charge < -0.3 is 5.32 Å². The number of hydrogen-bond donors (Lipinski definition) is 1. The average Bonchev–Trinajstić information content (AvgIpc) is 2.18. The van der Waals surface area contributed by atoms with Crippen LogP contribution in [0.5, 0.6) is 0 Å². The van der Waals surface area contributed by atoms with Crippen LogP contribution >= 0.6 is 0 Å². The minimum Gasteiger partial charge on any atom is -0.313 e. The van der Waals surface area contributed by atoms with Crippen molar-refractivity contribution in [1.82, 2.24) is 5.32 Å². The average molecular weight is 219 g/mol. The van der Waals surface area contributed by atoms with E-state index in [-0.39, 0.29) is 0 Å². The van der Waals surface area contributed by atoms with E-state index in [1.54, 1.807) is 0 Å². The Morgan fingerprint density at radius 2 is 1.81 bits per heavy atom. The zero-order chi connectivity index (χ0) is 12.2. The van der Waals surface area contributed by atoms with E-state index in [1.165, 1.54) is 11.1 Å². The summed E-state index contributed by atoms with van der Waals surface area (Å²) in [7, 11) is 0. The predicted octanol–water partition coefficient (Wildman–Crippen LogP) is 3.56. The molecule has 1 atom stereocenters. The van der Waals surface area contributed by atoms with Crippen LogP contribution in [0, 0.1) is 12.3 Å². The van der Waals surface area contributed by atoms with Crippen LogP contribution < -0.4 is 5.32 Å². The fraction of sp³-hybridized carbons (Fsp3) is 0.600. The third-order valence-electron chi connectivity index (χ3n) is 2.77. The van der Waals surface area contributed by atoms with Gasteiger partial charge in [-0.25, -0.2) is 0 Å². The van der Waals surface area contributed by atoms with Crippen molar-refractivity contribution >= 4 is 0 Å². The molecule has 16 heavy (non-hydrogen) atoms. The molecule has 0 spiro atoms. The van der Waals surface area contributed by atoms with Crippen LogP contribution in [0.2, 0.25) is 0 Å². The molecule has 1 unspecified atom stereocenters. The molecule has 0 heterocycles. The molecular weight excluding hydrogens is 194 g/mol. The molecule has 0 aliphatic rings. The van der Waals surface area contributed by atoms with E-state index < -0.39 is 0 Å². The van der Waals surface area contributed by atoms with Crippen LogP contribution in [0.25, 0.3) is 0 Å². The topological polar surface area (TPSA) is 12.0 Å². The number of rotatable bonds is 4. The molecule has 0 aliphatic heterocycles. The second-order valence-electron chi connectivity index (χ2n) is 5.97. The molecule has 0 amide bonds. The fourth-order valence-electron chi connectivity index (χ4n) is 1.72. The van der Waals surface area contributed by atoms with Gasteiger partial charge in [-0.15, -0.1) is 0 Å². The zero-order valence-corrected chi connectivity index (χ0v) is 11.3. The molecule has 0 fully saturated rings. The predicted molar refractivity (Wildman–Crippen MR) is 71.8 cm³/mol. The first kappa shape index (κ1) is 13.2. The standard InChI is InChI=1S/C15H25N/c1-12-8-6-7-9-14(12)10-13(2)16-11-15(3,4)5/h6-9,13,16H,10-11H2,1-5H3. The van der Waals surface area contributed by atoms with Gasteiger partial charge in [-0.3, -0.25) is 0 Å². The fourth-order valence-corrected chi connectivity index (χ4v) is 1.72. The highest BCUT2D eigenvalue weighted by Crippen LogP contribution is 2.13. The van der Waals surface area contributed by atoms with Gasteiger partial charge >= 0.3 is 0 Å². The van der Waals surface area contributed by atoms with E-state index in [4.69, 9.17) is 0 Å². The second-order valence-corrected chi connectivity index (χ2v) is 5.97. The van der Waals surface area contributed by atoms with E-state index >= 15 is 0 Å². The van der Waals surface area contributed by atoms with Crippen molar-refractivity contribution in [2.24, 2.45) is 5.41 Å². The lowest BCUT2D eigenvalue weighted by atomic mass is 9.95. The van der Waals surface area contributed by atoms with Gasteiger partial charge in [0.1, 0.15) is 0 Å². The summed E-state index contributed by atoms with van der Waals surface area (Å²) in [4.78, 5) is 0. The van der Waals surface area contributed by atoms with Gasteiger partial charge in [0.05, 0.1) is 0 Å². The number of nitrogens with one attached hydrogen (secondary N) is 1. The van der Waals surface area contributed by atoms with Crippen LogP contribution in [0.1, 0.15) is 38.8 Å². The third-order valence-corrected chi connectivity index (χ3v) is 2.77. The molecule has 90 valence electrons. The summed E-state index contributed by atoms with van der Waals surface area (Å²) in [6.45, 7) is 12.3. The van der Waals surface area contributed by atoms with Crippen molar-refractivity contribution in [3.8, 4) is 0 Å². The molecule has 0 saturated heterocycles. The summed E-state index contributed by atoms with van der Waals surface area (Å²) in [5, 5.41) is 3.60. The first-order chi connectivity index (χ1) is 7.38. The highest BCUT2D eigenvalue weighted by atomic mass is 14.9. The van der Waals surface area contributed by atoms with E-state index in [0.717, 1.165) is 13.0 Å². The van der Waals surface area contributed by atoms with Gasteiger partial charge in [-0.2, -0.15) is 0 Å². The molecule has 0 aromatic heterocycles. The summed E-state index contributed by atoms with van der Waals surface area (Å²) >= 11 is 0. The van der Waals surface area contributed by atoms with Gasteiger partial charge in [-0.1, -0.05) is 45.0 Å². The third kappa shape index (κ3) is 4.80. The van der Waals surface area contributed by atoms with E-state index in [0.29, 0.717) is 11.5 Å². The van der Waals surface area contributed by atoms with Crippen LogP contribution in [-0.2, 0) is 6.42 Å². The Morgan fingerprint density at radius 1 is 1.19 bits per heavy atom. The lowest BCUT2D eigenvalue weighted by Gasteiger charge is -2.23. The second kappa shape index (κ2) is 5.49. The maximum Gasteiger partial charge on any atom is 0.00794 e. The maximum atomic E-state index is 3.60. The maximum absolute atomic E-state index is 3.60. The van der Waals surface area contributed by atoms with Gasteiger partial charge in [-0.05, 0) is 36.8 Å². The van der Waals surface area contributed by atoms with Crippen LogP contribution in [0.3, 0.4) is 0 Å². The van der Waals surface area contributed by atoms with Crippen molar-refractivity contribution in [2.45, 2.75) is 47.1 Å². The minimum atomic E-state index is 0.361. The largest absolute Gasteiger partial charge is 0.313 e. The lowest BCUT2D eigenvalue weighted by Crippen LogP contribution is -2.35. The van der Waals surface area contributed by atoms with Gasteiger partial charge in [0.15, 0.2) is 0 Å². The van der Waals surface area contributed by atoms with Gasteiger partial charge in [0.2, 0.25) is 0 Å². The normalized spacial score (nSPS) is 13.8. The number of hydrogen-bond acceptors (Lipinski definition) is 1. The molecule has 0 saturated carbocycles. The first-order valence-corrected chi connectivity index (χ1v) is 6.16. The summed E-state index contributed by atoms with van der Waals surface area (Å²) in [5.74, 6) is 0. The minimum absolute atomic E-state index is 0.361. The van der Waals surface area contributed by atoms with Crippen molar-refractivity contribution in [2.75, 3.05) is 6.54 Å². The summed E-state index contributed by atoms with van der Waals surface area (Å²) in [6.07, 6.45) is 1.11. The summed E-state index contributed by atoms with van der Waals surface area (Å²) < 4.78 is 0. The van der Waals surface area contributed by atoms with E-state index in [9.17, 15) is 0 Å². The van der Waals surface area contributed by atoms with Crippen LogP contribution in [0.4, 0.5) is 0 Å². The molecule has 1 heteroatoms. The monoisotopic (exact) mass is 219 g/mol. The highest BCUT2D eigenvalue weighted by Gasteiger charge is 2.12. The van der Waals surface area contributed by atoms with Crippen molar-refractivity contribution in [1.29, 1.82) is 0 Å². The summed E-state index contributed by atoms with van der Waals surface area (Å²) in [6, 6.07) is 9.18. The van der Waals surface area contributed by atoms with Crippen molar-refractivity contribution < 1.29 is 0 Å². The molecule has 1 rings (SSSR count). The Balaban J connectivity index is 2.46. The molecule has 1 aromatic rings. The van der Waals surface area contributed by atoms with Crippen molar-refractivity contribution in [3.05, 3.63) is 35.4 Å². The van der Waals surface area contributed by atoms with Crippen LogP contribution in [0.15, 0.2) is 24.3 Å². The smallest absolute Gasteiger partial charge is 0.00794 e. The molecule has 0 bridgehead atoms. The quantitative estimate of drug-likeness (QED) is 0.816. The Morgan fingerprint density at radius 3 is 2.38 bits per heavy atom. The summed E-state index contributed by atoms with van der Waals surface area (Å²) in [5.41, 5.74) is 3.21. The Labute approximate surface area is 100 Å². The van der Waals surface area contributed by atoms with Gasteiger partial charge in [0, 0.05) is 12.6 Å². The van der Waals surface area contributed by atoms with E-state index in [2.05, 4.69) is 64.2 Å². The van der Waals surface area contributed by atoms with Gasteiger partial charge in [0.25, 0.3) is 0 Å². The number of benzene rings is 1. The zero-order valence-electron chi connectivity index (χ0n) is 11.3. The lowest BCUT2D eigenvalue weighted by molar-refractivity contribution is 0.356. The van der Waals surface area contributed by atoms with Crippen LogP contribution in [-0.4, -0.2) is 12.6 Å². The molecule has 1 aromatic carbocycles. The highest BCUT2D eigenvalue weighted by molar-refractivity contribution is 5.26. The molecule has 1 nitrogen and oxygen atoms in total. The number of aryl methyl sites for hydroxylation is 1. The Hall–Kier alpha value is -0.820. The molecule has 0 radical (unpaired) electrons. The Kier molecular flexibility index (Phi) is 4.55. The van der Waals surface area contributed by atoms with Crippen molar-refractivity contribution in [3.63, 3.8) is 0 Å².